The molecule has 1 aliphatic heterocycles. The number of sulfonamides is 1. The first-order valence-corrected chi connectivity index (χ1v) is 9.54. The Bertz CT molecular complexity index is 854. The zero-order valence-corrected chi connectivity index (χ0v) is 15.7. The summed E-state index contributed by atoms with van der Waals surface area (Å²) in [4.78, 5) is 0.0773. The Morgan fingerprint density at radius 3 is 2.42 bits per heavy atom. The van der Waals surface area contributed by atoms with Gasteiger partial charge in [-0.05, 0) is 36.4 Å². The number of nitrogens with one attached hydrogen (secondary N) is 1. The normalized spacial score (nSPS) is 17.9. The van der Waals surface area contributed by atoms with E-state index in [-0.39, 0.29) is 9.79 Å². The largest absolute Gasteiger partial charge is 0.309 e. The van der Waals surface area contributed by atoms with Gasteiger partial charge in [0.25, 0.3) is 10.0 Å². The summed E-state index contributed by atoms with van der Waals surface area (Å²) >= 11 is 4.02. The van der Waals surface area contributed by atoms with Gasteiger partial charge in [0.1, 0.15) is 5.82 Å². The van der Waals surface area contributed by atoms with Crippen LogP contribution in [0.2, 0.25) is 0 Å². The number of hydrogen-bond acceptors (Lipinski definition) is 4. The van der Waals surface area contributed by atoms with E-state index in [0.29, 0.717) is 11.3 Å². The average Bonchev–Trinajstić information content (AvgIpc) is 2.65. The lowest BCUT2D eigenvalue weighted by molar-refractivity contribution is 0.578. The van der Waals surface area contributed by atoms with E-state index in [9.17, 15) is 12.8 Å². The fraction of sp³-hybridized carbons (Fsp3) is 0.294. The monoisotopic (exact) mass is 368 g/mol. The highest BCUT2D eigenvalue weighted by atomic mass is 32.2. The van der Waals surface area contributed by atoms with E-state index in [2.05, 4.69) is 17.9 Å². The topological polar surface area (TPSA) is 49.4 Å². The van der Waals surface area contributed by atoms with Gasteiger partial charge in [-0.25, -0.2) is 12.8 Å². The molecule has 0 saturated heterocycles. The number of halogens is 1. The molecule has 0 amide bonds. The quantitative estimate of drug-likeness (QED) is 0.757. The van der Waals surface area contributed by atoms with Crippen LogP contribution in [-0.4, -0.2) is 22.5 Å². The van der Waals surface area contributed by atoms with E-state index in [0.717, 1.165) is 5.56 Å². The molecule has 2 aromatic rings. The lowest BCUT2D eigenvalue weighted by atomic mass is 9.97. The molecule has 1 unspecified atom stereocenters. The molecule has 0 saturated carbocycles. The predicted octanol–water partition coefficient (Wildman–Crippen LogP) is 3.59. The van der Waals surface area contributed by atoms with E-state index in [4.69, 9.17) is 0 Å². The molecule has 130 valence electrons. The smallest absolute Gasteiger partial charge is 0.264 e. The molecular weight excluding hydrogens is 347 g/mol. The number of anilines is 1. The molecule has 2 aromatic carbocycles. The zero-order valence-electron chi connectivity index (χ0n) is 14.0. The molecule has 0 spiro atoms. The first-order valence-electron chi connectivity index (χ1n) is 7.65. The lowest BCUT2D eigenvalue weighted by Gasteiger charge is -2.20. The van der Waals surface area contributed by atoms with E-state index in [1.807, 2.05) is 26.0 Å². The number of thiol groups is 1. The van der Waals surface area contributed by atoms with Crippen LogP contribution < -0.4 is 9.62 Å². The van der Waals surface area contributed by atoms with Gasteiger partial charge in [-0.1, -0.05) is 32.0 Å². The van der Waals surface area contributed by atoms with Crippen LogP contribution in [0.5, 0.6) is 0 Å². The Balaban J connectivity index is 0.00000100. The second-order valence-corrected chi connectivity index (χ2v) is 7.51. The Hall–Kier alpha value is -1.57. The van der Waals surface area contributed by atoms with E-state index in [1.54, 1.807) is 19.2 Å². The highest BCUT2D eigenvalue weighted by Gasteiger charge is 2.35. The van der Waals surface area contributed by atoms with Gasteiger partial charge in [-0.2, -0.15) is 0 Å². The second-order valence-electron chi connectivity index (χ2n) is 5.09. The van der Waals surface area contributed by atoms with Crippen molar-refractivity contribution >= 4 is 28.3 Å². The summed E-state index contributed by atoms with van der Waals surface area (Å²) in [6.45, 7) is 4.00. The average molecular weight is 368 g/mol. The maximum atomic E-state index is 14.0. The maximum Gasteiger partial charge on any atom is 0.264 e. The van der Waals surface area contributed by atoms with Gasteiger partial charge >= 0.3 is 0 Å². The number of rotatable bonds is 1. The third kappa shape index (κ3) is 2.92. The molecule has 1 heterocycles. The minimum absolute atomic E-state index is 0.0107. The molecule has 1 N–H and O–H groups in total. The van der Waals surface area contributed by atoms with Crippen LogP contribution in [0, 0.1) is 5.82 Å². The Kier molecular flexibility index (Phi) is 5.57. The summed E-state index contributed by atoms with van der Waals surface area (Å²) < 4.78 is 40.9. The Morgan fingerprint density at radius 2 is 1.79 bits per heavy atom. The van der Waals surface area contributed by atoms with Crippen molar-refractivity contribution in [3.63, 3.8) is 0 Å². The fourth-order valence-corrected chi connectivity index (χ4v) is 4.52. The van der Waals surface area contributed by atoms with Crippen molar-refractivity contribution in [2.24, 2.45) is 0 Å². The minimum atomic E-state index is -3.78. The fourth-order valence-electron chi connectivity index (χ4n) is 2.78. The first kappa shape index (κ1) is 18.8. The van der Waals surface area contributed by atoms with Crippen LogP contribution in [0.3, 0.4) is 0 Å². The lowest BCUT2D eigenvalue weighted by Crippen LogP contribution is -2.26. The molecule has 0 bridgehead atoms. The molecule has 0 aliphatic carbocycles. The van der Waals surface area contributed by atoms with E-state index < -0.39 is 21.9 Å². The number of nitrogens with zero attached hydrogens (tertiary/aromatic N) is 1. The first-order chi connectivity index (χ1) is 11.4. The van der Waals surface area contributed by atoms with Gasteiger partial charge in [0, 0.05) is 11.9 Å². The summed E-state index contributed by atoms with van der Waals surface area (Å²) in [6, 6.07) is 9.28. The standard InChI is InChI=1S/C15H15FN2O2S2.C2H6/c1-17-15-9-5-3-4-6-12(9)18(2)22(19,20)14-8-13(21)11(16)7-10(14)15;1-2/h3-8,15,17,21H,1-2H3;1-2H3. The van der Waals surface area contributed by atoms with Gasteiger partial charge in [-0.15, -0.1) is 12.6 Å². The highest BCUT2D eigenvalue weighted by Crippen LogP contribution is 2.40. The molecule has 0 radical (unpaired) electrons. The van der Waals surface area contributed by atoms with Gasteiger partial charge < -0.3 is 5.32 Å². The molecule has 0 fully saturated rings. The van der Waals surface area contributed by atoms with Crippen molar-refractivity contribution < 1.29 is 12.8 Å². The third-order valence-corrected chi connectivity index (χ3v) is 6.07. The number of fused-ring (bicyclic) bond motifs is 2. The van der Waals surface area contributed by atoms with Crippen molar-refractivity contribution in [1.82, 2.24) is 5.32 Å². The molecular formula is C17H21FN2O2S2. The third-order valence-electron chi connectivity index (χ3n) is 3.90. The van der Waals surface area contributed by atoms with Gasteiger partial charge in [0.05, 0.1) is 16.6 Å². The number of hydrogen-bond donors (Lipinski definition) is 2. The van der Waals surface area contributed by atoms with Crippen LogP contribution in [-0.2, 0) is 10.0 Å². The van der Waals surface area contributed by atoms with Crippen molar-refractivity contribution in [3.8, 4) is 0 Å². The minimum Gasteiger partial charge on any atom is -0.309 e. The van der Waals surface area contributed by atoms with Crippen LogP contribution in [0.1, 0.15) is 31.0 Å². The molecule has 1 aliphatic rings. The van der Waals surface area contributed by atoms with Gasteiger partial charge in [0.2, 0.25) is 0 Å². The van der Waals surface area contributed by atoms with E-state index >= 15 is 0 Å². The van der Waals surface area contributed by atoms with Crippen LogP contribution in [0.15, 0.2) is 46.2 Å². The summed E-state index contributed by atoms with van der Waals surface area (Å²) in [6.07, 6.45) is 0. The Morgan fingerprint density at radius 1 is 1.17 bits per heavy atom. The highest BCUT2D eigenvalue weighted by molar-refractivity contribution is 7.93. The predicted molar refractivity (Wildman–Crippen MR) is 97.9 cm³/mol. The number of benzene rings is 2. The van der Waals surface area contributed by atoms with Crippen LogP contribution in [0.4, 0.5) is 10.1 Å². The van der Waals surface area contributed by atoms with Crippen molar-refractivity contribution in [2.75, 3.05) is 18.4 Å². The summed E-state index contributed by atoms with van der Waals surface area (Å²) in [5, 5.41) is 3.08. The zero-order chi connectivity index (χ0) is 18.1. The molecule has 3 rings (SSSR count). The molecule has 1 atom stereocenters. The molecule has 7 heteroatoms. The molecule has 4 nitrogen and oxygen atoms in total. The van der Waals surface area contributed by atoms with Crippen molar-refractivity contribution in [1.29, 1.82) is 0 Å². The molecule has 24 heavy (non-hydrogen) atoms. The van der Waals surface area contributed by atoms with E-state index in [1.165, 1.54) is 23.5 Å². The SMILES string of the molecule is CC.CNC1c2ccccc2N(C)S(=O)(=O)c2cc(S)c(F)cc21. The second kappa shape index (κ2) is 7.13. The summed E-state index contributed by atoms with van der Waals surface area (Å²) in [5.74, 6) is -0.542. The van der Waals surface area contributed by atoms with Crippen LogP contribution in [0.25, 0.3) is 0 Å². The van der Waals surface area contributed by atoms with Crippen molar-refractivity contribution in [2.45, 2.75) is 29.7 Å². The maximum absolute atomic E-state index is 14.0. The Labute approximate surface area is 148 Å². The molecule has 0 aromatic heterocycles. The van der Waals surface area contributed by atoms with Gasteiger partial charge in [-0.3, -0.25) is 4.31 Å². The summed E-state index contributed by atoms with van der Waals surface area (Å²) in [5.41, 5.74) is 1.73. The van der Waals surface area contributed by atoms with Gasteiger partial charge in [0.15, 0.2) is 0 Å². The van der Waals surface area contributed by atoms with Crippen molar-refractivity contribution in [3.05, 3.63) is 53.3 Å². The number of para-hydroxylation sites is 1. The van der Waals surface area contributed by atoms with Crippen LogP contribution >= 0.6 is 12.6 Å². The summed E-state index contributed by atoms with van der Waals surface area (Å²) in [7, 11) is -0.560.